The minimum absolute atomic E-state index is 0.131. The Labute approximate surface area is 124 Å². The number of benzene rings is 1. The predicted molar refractivity (Wildman–Crippen MR) is 80.0 cm³/mol. The molecule has 0 unspecified atom stereocenters. The van der Waals surface area contributed by atoms with Crippen LogP contribution in [0, 0.1) is 17.8 Å². The van der Waals surface area contributed by atoms with Gasteiger partial charge in [0.05, 0.1) is 12.2 Å². The molecule has 2 bridgehead atoms. The van der Waals surface area contributed by atoms with E-state index in [1.54, 1.807) is 31.2 Å². The highest BCUT2D eigenvalue weighted by atomic mass is 16.5. The summed E-state index contributed by atoms with van der Waals surface area (Å²) in [6, 6.07) is 6.90. The van der Waals surface area contributed by atoms with Crippen molar-refractivity contribution in [3.63, 3.8) is 0 Å². The van der Waals surface area contributed by atoms with Crippen LogP contribution in [-0.2, 0) is 9.53 Å². The van der Waals surface area contributed by atoms with Crippen molar-refractivity contribution in [2.45, 2.75) is 32.6 Å². The third kappa shape index (κ3) is 2.94. The molecule has 0 radical (unpaired) electrons. The van der Waals surface area contributed by atoms with E-state index in [-0.39, 0.29) is 17.8 Å². The maximum absolute atomic E-state index is 12.3. The summed E-state index contributed by atoms with van der Waals surface area (Å²) in [5.74, 6) is 1.31. The third-order valence-corrected chi connectivity index (χ3v) is 4.74. The van der Waals surface area contributed by atoms with E-state index in [1.807, 2.05) is 0 Å². The molecule has 3 atom stereocenters. The van der Waals surface area contributed by atoms with Crippen molar-refractivity contribution in [3.8, 4) is 0 Å². The van der Waals surface area contributed by atoms with E-state index < -0.39 is 0 Å². The number of rotatable bonds is 4. The van der Waals surface area contributed by atoms with Gasteiger partial charge in [-0.25, -0.2) is 4.79 Å². The molecule has 1 amide bonds. The lowest BCUT2D eigenvalue weighted by molar-refractivity contribution is -0.121. The number of esters is 1. The van der Waals surface area contributed by atoms with Gasteiger partial charge in [0.25, 0.3) is 0 Å². The highest BCUT2D eigenvalue weighted by Crippen LogP contribution is 2.48. The van der Waals surface area contributed by atoms with Gasteiger partial charge in [-0.3, -0.25) is 4.79 Å². The Morgan fingerprint density at radius 3 is 2.52 bits per heavy atom. The average Bonchev–Trinajstić information content (AvgIpc) is 3.11. The number of carbonyl (C=O) groups is 2. The Kier molecular flexibility index (Phi) is 3.95. The van der Waals surface area contributed by atoms with Crippen LogP contribution >= 0.6 is 0 Å². The van der Waals surface area contributed by atoms with Crippen molar-refractivity contribution in [3.05, 3.63) is 29.8 Å². The summed E-state index contributed by atoms with van der Waals surface area (Å²) in [7, 11) is 0. The van der Waals surface area contributed by atoms with Crippen LogP contribution in [0.4, 0.5) is 5.69 Å². The van der Waals surface area contributed by atoms with Crippen molar-refractivity contribution in [2.75, 3.05) is 11.9 Å². The van der Waals surface area contributed by atoms with Gasteiger partial charge in [-0.15, -0.1) is 0 Å². The topological polar surface area (TPSA) is 55.4 Å². The van der Waals surface area contributed by atoms with Crippen molar-refractivity contribution in [1.82, 2.24) is 0 Å². The summed E-state index contributed by atoms with van der Waals surface area (Å²) in [5, 5.41) is 2.98. The van der Waals surface area contributed by atoms with Gasteiger partial charge < -0.3 is 10.1 Å². The second-order valence-electron chi connectivity index (χ2n) is 6.07. The SMILES string of the molecule is CCOC(=O)c1ccc(NC(=O)[C@@H]2C[C@@H]3CC[C@@H]2C3)cc1. The van der Waals surface area contributed by atoms with Crippen LogP contribution < -0.4 is 5.32 Å². The zero-order valence-corrected chi connectivity index (χ0v) is 12.3. The smallest absolute Gasteiger partial charge is 0.338 e. The van der Waals surface area contributed by atoms with Gasteiger partial charge in [0, 0.05) is 11.6 Å². The van der Waals surface area contributed by atoms with Crippen LogP contribution in [0.3, 0.4) is 0 Å². The first-order valence-corrected chi connectivity index (χ1v) is 7.75. The minimum Gasteiger partial charge on any atom is -0.462 e. The molecule has 1 N–H and O–H groups in total. The molecule has 1 aromatic carbocycles. The third-order valence-electron chi connectivity index (χ3n) is 4.74. The van der Waals surface area contributed by atoms with E-state index in [0.29, 0.717) is 18.1 Å². The fourth-order valence-electron chi connectivity index (χ4n) is 3.70. The maximum Gasteiger partial charge on any atom is 0.338 e. The van der Waals surface area contributed by atoms with Crippen LogP contribution in [0.25, 0.3) is 0 Å². The Bertz CT molecular complexity index is 537. The molecule has 2 aliphatic carbocycles. The number of hydrogen-bond acceptors (Lipinski definition) is 3. The first kappa shape index (κ1) is 14.1. The van der Waals surface area contributed by atoms with Gasteiger partial charge in [0.1, 0.15) is 0 Å². The molecule has 0 saturated heterocycles. The highest BCUT2D eigenvalue weighted by molar-refractivity contribution is 5.94. The van der Waals surface area contributed by atoms with Crippen molar-refractivity contribution in [1.29, 1.82) is 0 Å². The lowest BCUT2D eigenvalue weighted by atomic mass is 9.88. The molecule has 3 rings (SSSR count). The number of fused-ring (bicyclic) bond motifs is 2. The summed E-state index contributed by atoms with van der Waals surface area (Å²) in [5.41, 5.74) is 1.26. The molecule has 112 valence electrons. The largest absolute Gasteiger partial charge is 0.462 e. The van der Waals surface area contributed by atoms with Crippen LogP contribution in [0.1, 0.15) is 43.0 Å². The Hall–Kier alpha value is -1.84. The number of nitrogens with one attached hydrogen (secondary N) is 1. The fourth-order valence-corrected chi connectivity index (χ4v) is 3.70. The van der Waals surface area contributed by atoms with Crippen molar-refractivity contribution < 1.29 is 14.3 Å². The van der Waals surface area contributed by atoms with Gasteiger partial charge in [-0.2, -0.15) is 0 Å². The summed E-state index contributed by atoms with van der Waals surface area (Å²) >= 11 is 0. The van der Waals surface area contributed by atoms with Gasteiger partial charge in [0.15, 0.2) is 0 Å². The van der Waals surface area contributed by atoms with Crippen LogP contribution in [0.15, 0.2) is 24.3 Å². The molecule has 1 aromatic rings. The summed E-state index contributed by atoms with van der Waals surface area (Å²) in [6.45, 7) is 2.14. The Morgan fingerprint density at radius 2 is 1.95 bits per heavy atom. The molecular formula is C17H21NO3. The standard InChI is InChI=1S/C17H21NO3/c1-2-21-17(20)12-5-7-14(8-6-12)18-16(19)15-10-11-3-4-13(15)9-11/h5-8,11,13,15H,2-4,9-10H2,1H3,(H,18,19)/t11-,13-,15-/m1/s1. The fraction of sp³-hybridized carbons (Fsp3) is 0.529. The first-order chi connectivity index (χ1) is 10.2. The monoisotopic (exact) mass is 287 g/mol. The lowest BCUT2D eigenvalue weighted by Crippen LogP contribution is -2.27. The van der Waals surface area contributed by atoms with Crippen molar-refractivity contribution in [2.24, 2.45) is 17.8 Å². The molecule has 2 saturated carbocycles. The van der Waals surface area contributed by atoms with Gasteiger partial charge in [-0.05, 0) is 62.3 Å². The molecule has 0 aromatic heterocycles. The number of amides is 1. The second-order valence-corrected chi connectivity index (χ2v) is 6.07. The molecule has 2 aliphatic rings. The maximum atomic E-state index is 12.3. The molecule has 21 heavy (non-hydrogen) atoms. The van der Waals surface area contributed by atoms with E-state index in [9.17, 15) is 9.59 Å². The van der Waals surface area contributed by atoms with E-state index in [0.717, 1.165) is 18.0 Å². The number of carbonyl (C=O) groups excluding carboxylic acids is 2. The average molecular weight is 287 g/mol. The van der Waals surface area contributed by atoms with Gasteiger partial charge in [0.2, 0.25) is 5.91 Å². The van der Waals surface area contributed by atoms with E-state index >= 15 is 0 Å². The van der Waals surface area contributed by atoms with Crippen LogP contribution in [0.2, 0.25) is 0 Å². The molecule has 0 spiro atoms. The summed E-state index contributed by atoms with van der Waals surface area (Å²) < 4.78 is 4.94. The number of ether oxygens (including phenoxy) is 1. The van der Waals surface area contributed by atoms with Gasteiger partial charge in [-0.1, -0.05) is 6.42 Å². The van der Waals surface area contributed by atoms with Crippen molar-refractivity contribution >= 4 is 17.6 Å². The zero-order valence-electron chi connectivity index (χ0n) is 12.3. The Balaban J connectivity index is 1.60. The van der Waals surface area contributed by atoms with Crippen LogP contribution in [0.5, 0.6) is 0 Å². The predicted octanol–water partition coefficient (Wildman–Crippen LogP) is 3.24. The first-order valence-electron chi connectivity index (χ1n) is 7.75. The quantitative estimate of drug-likeness (QED) is 0.865. The van der Waals surface area contributed by atoms with E-state index in [1.165, 1.54) is 19.3 Å². The van der Waals surface area contributed by atoms with Gasteiger partial charge >= 0.3 is 5.97 Å². The minimum atomic E-state index is -0.330. The normalized spacial score (nSPS) is 26.6. The van der Waals surface area contributed by atoms with E-state index in [4.69, 9.17) is 4.74 Å². The highest BCUT2D eigenvalue weighted by Gasteiger charge is 2.42. The molecular weight excluding hydrogens is 266 g/mol. The molecule has 2 fully saturated rings. The molecule has 4 nitrogen and oxygen atoms in total. The zero-order chi connectivity index (χ0) is 14.8. The molecule has 4 heteroatoms. The van der Waals surface area contributed by atoms with Crippen LogP contribution in [-0.4, -0.2) is 18.5 Å². The number of hydrogen-bond donors (Lipinski definition) is 1. The van der Waals surface area contributed by atoms with E-state index in [2.05, 4.69) is 5.32 Å². The Morgan fingerprint density at radius 1 is 1.19 bits per heavy atom. The summed E-state index contributed by atoms with van der Waals surface area (Å²) in [4.78, 5) is 23.9. The summed E-state index contributed by atoms with van der Waals surface area (Å²) in [6.07, 6.45) is 4.75. The molecule has 0 heterocycles. The second kappa shape index (κ2) is 5.88. The lowest BCUT2D eigenvalue weighted by Gasteiger charge is -2.20. The number of anilines is 1. The molecule has 0 aliphatic heterocycles.